The standard InChI is InChI=1S/C28H37N5O5/c1-4-37-28(36)33-16-14-32(15-17-33)27(35)24(19(2)3)31-26(34)22-18-23(38-21-12-8-9-13-21)30-25(29-22)20-10-6-5-7-11-20/h5-7,10-11,18-19,21,24H,4,8-9,12-17H2,1-3H3,(H,31,34)/t24-/m0/s1. The largest absolute Gasteiger partial charge is 0.474 e. The van der Waals surface area contributed by atoms with Gasteiger partial charge in [0, 0.05) is 37.8 Å². The minimum atomic E-state index is -0.744. The zero-order valence-electron chi connectivity index (χ0n) is 22.4. The van der Waals surface area contributed by atoms with Gasteiger partial charge >= 0.3 is 6.09 Å². The van der Waals surface area contributed by atoms with Crippen LogP contribution in [-0.4, -0.2) is 82.6 Å². The molecule has 0 spiro atoms. The maximum atomic E-state index is 13.4. The number of hydrogen-bond acceptors (Lipinski definition) is 7. The van der Waals surface area contributed by atoms with Crippen molar-refractivity contribution in [3.8, 4) is 17.3 Å². The second kappa shape index (κ2) is 12.7. The zero-order valence-corrected chi connectivity index (χ0v) is 22.4. The van der Waals surface area contributed by atoms with Gasteiger partial charge in [0.2, 0.25) is 11.8 Å². The Balaban J connectivity index is 1.50. The molecule has 2 aromatic rings. The number of hydrogen-bond donors (Lipinski definition) is 1. The number of nitrogens with one attached hydrogen (secondary N) is 1. The van der Waals surface area contributed by atoms with Crippen LogP contribution in [0.3, 0.4) is 0 Å². The van der Waals surface area contributed by atoms with Crippen molar-refractivity contribution in [2.24, 2.45) is 5.92 Å². The van der Waals surface area contributed by atoms with Crippen LogP contribution in [0.15, 0.2) is 36.4 Å². The summed E-state index contributed by atoms with van der Waals surface area (Å²) in [6.45, 7) is 7.38. The van der Waals surface area contributed by atoms with Crippen molar-refractivity contribution in [3.05, 3.63) is 42.1 Å². The molecular formula is C28H37N5O5. The van der Waals surface area contributed by atoms with Crippen LogP contribution in [0.1, 0.15) is 56.9 Å². The fraction of sp³-hybridized carbons (Fsp3) is 0.536. The van der Waals surface area contributed by atoms with Crippen LogP contribution in [0.25, 0.3) is 11.4 Å². The minimum Gasteiger partial charge on any atom is -0.474 e. The van der Waals surface area contributed by atoms with Gasteiger partial charge in [-0.15, -0.1) is 0 Å². The third kappa shape index (κ3) is 6.79. The highest BCUT2D eigenvalue weighted by atomic mass is 16.6. The molecule has 0 unspecified atom stereocenters. The van der Waals surface area contributed by atoms with E-state index in [-0.39, 0.29) is 29.7 Å². The highest BCUT2D eigenvalue weighted by molar-refractivity contribution is 5.96. The van der Waals surface area contributed by atoms with Gasteiger partial charge < -0.3 is 24.6 Å². The average molecular weight is 524 g/mol. The first-order valence-corrected chi connectivity index (χ1v) is 13.5. The van der Waals surface area contributed by atoms with Gasteiger partial charge in [0.15, 0.2) is 5.82 Å². The summed E-state index contributed by atoms with van der Waals surface area (Å²) < 4.78 is 11.2. The van der Waals surface area contributed by atoms with Crippen LogP contribution >= 0.6 is 0 Å². The second-order valence-corrected chi connectivity index (χ2v) is 10.0. The fourth-order valence-corrected chi connectivity index (χ4v) is 4.74. The number of carbonyl (C=O) groups excluding carboxylic acids is 3. The Morgan fingerprint density at radius 3 is 2.29 bits per heavy atom. The van der Waals surface area contributed by atoms with Gasteiger partial charge in [-0.1, -0.05) is 44.2 Å². The number of rotatable bonds is 8. The molecule has 10 heteroatoms. The Morgan fingerprint density at radius 2 is 1.66 bits per heavy atom. The number of benzene rings is 1. The van der Waals surface area contributed by atoms with E-state index >= 15 is 0 Å². The highest BCUT2D eigenvalue weighted by Crippen LogP contribution is 2.25. The van der Waals surface area contributed by atoms with Crippen LogP contribution in [-0.2, 0) is 9.53 Å². The summed E-state index contributed by atoms with van der Waals surface area (Å²) in [5, 5.41) is 2.90. The summed E-state index contributed by atoms with van der Waals surface area (Å²) in [6.07, 6.45) is 3.84. The number of aromatic nitrogens is 2. The first-order valence-electron chi connectivity index (χ1n) is 13.5. The summed E-state index contributed by atoms with van der Waals surface area (Å²) in [7, 11) is 0. The van der Waals surface area contributed by atoms with E-state index in [1.54, 1.807) is 22.8 Å². The van der Waals surface area contributed by atoms with Gasteiger partial charge in [-0.3, -0.25) is 9.59 Å². The molecule has 1 aliphatic heterocycles. The molecule has 2 fully saturated rings. The summed E-state index contributed by atoms with van der Waals surface area (Å²) in [6, 6.07) is 10.3. The summed E-state index contributed by atoms with van der Waals surface area (Å²) in [4.78, 5) is 51.2. The number of nitrogens with zero attached hydrogens (tertiary/aromatic N) is 4. The van der Waals surface area contributed by atoms with E-state index in [1.165, 1.54) is 0 Å². The van der Waals surface area contributed by atoms with Crippen LogP contribution in [0.5, 0.6) is 5.88 Å². The van der Waals surface area contributed by atoms with Crippen molar-refractivity contribution in [2.45, 2.75) is 58.6 Å². The van der Waals surface area contributed by atoms with Crippen molar-refractivity contribution in [3.63, 3.8) is 0 Å². The fourth-order valence-electron chi connectivity index (χ4n) is 4.74. The predicted octanol–water partition coefficient (Wildman–Crippen LogP) is 3.52. The van der Waals surface area contributed by atoms with Gasteiger partial charge in [0.25, 0.3) is 5.91 Å². The molecular weight excluding hydrogens is 486 g/mol. The quantitative estimate of drug-likeness (QED) is 0.563. The molecule has 1 aromatic carbocycles. The van der Waals surface area contributed by atoms with Crippen LogP contribution in [0, 0.1) is 5.92 Å². The topological polar surface area (TPSA) is 114 Å². The van der Waals surface area contributed by atoms with E-state index < -0.39 is 11.9 Å². The lowest BCUT2D eigenvalue weighted by Crippen LogP contribution is -2.57. The first-order chi connectivity index (χ1) is 18.4. The molecule has 0 bridgehead atoms. The maximum Gasteiger partial charge on any atom is 0.409 e. The lowest BCUT2D eigenvalue weighted by Gasteiger charge is -2.36. The average Bonchev–Trinajstić information content (AvgIpc) is 3.44. The Bertz CT molecular complexity index is 1110. The normalized spacial score (nSPS) is 16.8. The van der Waals surface area contributed by atoms with Crippen molar-refractivity contribution >= 4 is 17.9 Å². The second-order valence-electron chi connectivity index (χ2n) is 10.0. The molecule has 38 heavy (non-hydrogen) atoms. The molecule has 4 rings (SSSR count). The molecule has 1 saturated carbocycles. The molecule has 1 N–H and O–H groups in total. The monoisotopic (exact) mass is 523 g/mol. The van der Waals surface area contributed by atoms with E-state index in [1.807, 2.05) is 44.2 Å². The Hall–Kier alpha value is -3.69. The molecule has 3 amide bonds. The number of amides is 3. The number of ether oxygens (including phenoxy) is 2. The summed E-state index contributed by atoms with van der Waals surface area (Å²) in [5.41, 5.74) is 0.923. The SMILES string of the molecule is CCOC(=O)N1CCN(C(=O)[C@@H](NC(=O)c2cc(OC3CCCC3)nc(-c3ccccc3)n2)C(C)C)CC1. The molecule has 1 aromatic heterocycles. The molecule has 1 aliphatic carbocycles. The zero-order chi connectivity index (χ0) is 27.1. The smallest absolute Gasteiger partial charge is 0.409 e. The predicted molar refractivity (Wildman–Crippen MR) is 142 cm³/mol. The van der Waals surface area contributed by atoms with Gasteiger partial charge in [-0.2, -0.15) is 4.98 Å². The van der Waals surface area contributed by atoms with Crippen molar-refractivity contribution in [1.29, 1.82) is 0 Å². The van der Waals surface area contributed by atoms with Crippen LogP contribution < -0.4 is 10.1 Å². The molecule has 2 heterocycles. The maximum absolute atomic E-state index is 13.4. The van der Waals surface area contributed by atoms with Gasteiger partial charge in [0.1, 0.15) is 17.8 Å². The number of carbonyl (C=O) groups is 3. The number of piperazine rings is 1. The molecule has 1 atom stereocenters. The first kappa shape index (κ1) is 27.3. The van der Waals surface area contributed by atoms with Gasteiger partial charge in [0.05, 0.1) is 6.61 Å². The van der Waals surface area contributed by atoms with E-state index in [2.05, 4.69) is 15.3 Å². The van der Waals surface area contributed by atoms with Crippen LogP contribution in [0.2, 0.25) is 0 Å². The Morgan fingerprint density at radius 1 is 1.00 bits per heavy atom. The van der Waals surface area contributed by atoms with Crippen molar-refractivity contribution in [2.75, 3.05) is 32.8 Å². The molecule has 2 aliphatic rings. The third-order valence-electron chi connectivity index (χ3n) is 6.89. The summed E-state index contributed by atoms with van der Waals surface area (Å²) in [5.74, 6) is -0.0407. The van der Waals surface area contributed by atoms with E-state index in [9.17, 15) is 14.4 Å². The van der Waals surface area contributed by atoms with Crippen molar-refractivity contribution < 1.29 is 23.9 Å². The molecule has 204 valence electrons. The Kier molecular flexibility index (Phi) is 9.15. The minimum absolute atomic E-state index is 0.0719. The third-order valence-corrected chi connectivity index (χ3v) is 6.89. The molecule has 10 nitrogen and oxygen atoms in total. The highest BCUT2D eigenvalue weighted by Gasteiger charge is 2.33. The lowest BCUT2D eigenvalue weighted by molar-refractivity contribution is -0.135. The van der Waals surface area contributed by atoms with E-state index in [0.29, 0.717) is 44.5 Å². The van der Waals surface area contributed by atoms with Crippen molar-refractivity contribution in [1.82, 2.24) is 25.1 Å². The summed E-state index contributed by atoms with van der Waals surface area (Å²) >= 11 is 0. The Labute approximate surface area is 223 Å². The molecule has 1 saturated heterocycles. The van der Waals surface area contributed by atoms with E-state index in [0.717, 1.165) is 31.2 Å². The van der Waals surface area contributed by atoms with E-state index in [4.69, 9.17) is 9.47 Å². The van der Waals surface area contributed by atoms with Gasteiger partial charge in [-0.25, -0.2) is 9.78 Å². The molecule has 0 radical (unpaired) electrons. The van der Waals surface area contributed by atoms with Crippen LogP contribution in [0.4, 0.5) is 4.79 Å². The lowest BCUT2D eigenvalue weighted by atomic mass is 10.0. The van der Waals surface area contributed by atoms with Gasteiger partial charge in [-0.05, 0) is 38.5 Å².